The van der Waals surface area contributed by atoms with Crippen molar-refractivity contribution in [2.45, 2.75) is 38.7 Å². The molecule has 2 aromatic carbocycles. The molecule has 0 bridgehead atoms. The fourth-order valence-electron chi connectivity index (χ4n) is 4.53. The number of piperidine rings is 1. The number of benzene rings is 2. The molecule has 0 aliphatic carbocycles. The lowest BCUT2D eigenvalue weighted by Gasteiger charge is -2.34. The Balaban J connectivity index is 1.72. The number of carbonyl (C=O) groups excluding carboxylic acids is 1. The summed E-state index contributed by atoms with van der Waals surface area (Å²) in [6.45, 7) is 5.26. The lowest BCUT2D eigenvalue weighted by Crippen LogP contribution is -2.46. The van der Waals surface area contributed by atoms with E-state index in [2.05, 4.69) is 5.43 Å². The number of amides is 1. The van der Waals surface area contributed by atoms with Crippen molar-refractivity contribution in [3.63, 3.8) is 0 Å². The van der Waals surface area contributed by atoms with Gasteiger partial charge in [-0.3, -0.25) is 10.2 Å². The van der Waals surface area contributed by atoms with Crippen molar-refractivity contribution >= 4 is 29.1 Å². The van der Waals surface area contributed by atoms with Crippen LogP contribution in [0.15, 0.2) is 36.4 Å². The van der Waals surface area contributed by atoms with Crippen LogP contribution in [0.25, 0.3) is 16.9 Å². The molecule has 6 nitrogen and oxygen atoms in total. The van der Waals surface area contributed by atoms with E-state index >= 15 is 0 Å². The topological polar surface area (TPSA) is 59.4 Å². The normalized spacial score (nSPS) is 17.1. The average molecular weight is 489 g/mol. The SMILES string of the molecule is CC1(C)Oc2cc(F)ccc2-c2c1c(C(=O)NN1CCCCC1)nn2-c1ccc(Cl)cc1Cl. The van der Waals surface area contributed by atoms with Crippen molar-refractivity contribution in [2.75, 3.05) is 13.1 Å². The molecule has 1 N–H and O–H groups in total. The van der Waals surface area contributed by atoms with Crippen LogP contribution in [0.5, 0.6) is 5.75 Å². The first-order valence-corrected chi connectivity index (χ1v) is 11.6. The Bertz CT molecular complexity index is 1250. The van der Waals surface area contributed by atoms with Crippen molar-refractivity contribution in [3.05, 3.63) is 63.5 Å². The van der Waals surface area contributed by atoms with Gasteiger partial charge in [0.15, 0.2) is 5.69 Å². The highest BCUT2D eigenvalue weighted by Gasteiger charge is 2.41. The minimum atomic E-state index is -0.943. The second-order valence-corrected chi connectivity index (χ2v) is 9.66. The maximum absolute atomic E-state index is 14.0. The smallest absolute Gasteiger partial charge is 0.286 e. The van der Waals surface area contributed by atoms with E-state index < -0.39 is 11.4 Å². The predicted molar refractivity (Wildman–Crippen MR) is 126 cm³/mol. The number of aromatic nitrogens is 2. The number of carbonyl (C=O) groups is 1. The summed E-state index contributed by atoms with van der Waals surface area (Å²) in [6.07, 6.45) is 3.21. The molecule has 0 atom stereocenters. The highest BCUT2D eigenvalue weighted by Crippen LogP contribution is 2.48. The van der Waals surface area contributed by atoms with Gasteiger partial charge in [0.25, 0.3) is 5.91 Å². The molecule has 172 valence electrons. The molecular weight excluding hydrogens is 466 g/mol. The zero-order valence-corrected chi connectivity index (χ0v) is 19.8. The Hall–Kier alpha value is -2.61. The average Bonchev–Trinajstić information content (AvgIpc) is 3.16. The Labute approximate surface area is 201 Å². The summed E-state index contributed by atoms with van der Waals surface area (Å²) in [5.74, 6) is -0.354. The molecule has 9 heteroatoms. The molecule has 3 heterocycles. The number of rotatable bonds is 3. The third-order valence-electron chi connectivity index (χ3n) is 6.02. The minimum Gasteiger partial charge on any atom is -0.482 e. The van der Waals surface area contributed by atoms with Crippen molar-refractivity contribution in [1.82, 2.24) is 20.2 Å². The fourth-order valence-corrected chi connectivity index (χ4v) is 5.02. The maximum Gasteiger partial charge on any atom is 0.286 e. The number of hydrogen-bond acceptors (Lipinski definition) is 4. The van der Waals surface area contributed by atoms with E-state index in [9.17, 15) is 9.18 Å². The van der Waals surface area contributed by atoms with Gasteiger partial charge >= 0.3 is 0 Å². The Morgan fingerprint density at radius 3 is 2.61 bits per heavy atom. The first kappa shape index (κ1) is 22.2. The van der Waals surface area contributed by atoms with Gasteiger partial charge in [-0.15, -0.1) is 0 Å². The Kier molecular flexibility index (Phi) is 5.59. The molecule has 0 radical (unpaired) electrons. The van der Waals surface area contributed by atoms with Gasteiger partial charge in [-0.2, -0.15) is 5.10 Å². The van der Waals surface area contributed by atoms with E-state index in [1.54, 1.807) is 28.9 Å². The molecule has 5 rings (SSSR count). The molecule has 2 aliphatic heterocycles. The molecular formula is C24H23Cl2FN4O2. The number of ether oxygens (including phenoxy) is 1. The maximum atomic E-state index is 14.0. The number of hydrogen-bond donors (Lipinski definition) is 1. The van der Waals surface area contributed by atoms with Crippen molar-refractivity contribution in [3.8, 4) is 22.7 Å². The Morgan fingerprint density at radius 2 is 1.88 bits per heavy atom. The monoisotopic (exact) mass is 488 g/mol. The van der Waals surface area contributed by atoms with Crippen molar-refractivity contribution in [1.29, 1.82) is 0 Å². The summed E-state index contributed by atoms with van der Waals surface area (Å²) in [7, 11) is 0. The number of halogens is 3. The van der Waals surface area contributed by atoms with Crippen LogP contribution in [0.4, 0.5) is 4.39 Å². The van der Waals surface area contributed by atoms with E-state index in [4.69, 9.17) is 33.0 Å². The summed E-state index contributed by atoms with van der Waals surface area (Å²) in [6, 6.07) is 9.41. The van der Waals surface area contributed by atoms with E-state index in [0.29, 0.717) is 38.3 Å². The van der Waals surface area contributed by atoms with Crippen LogP contribution < -0.4 is 10.2 Å². The van der Waals surface area contributed by atoms with Crippen LogP contribution in [0.1, 0.15) is 49.2 Å². The number of hydrazine groups is 1. The number of nitrogens with one attached hydrogen (secondary N) is 1. The molecule has 0 spiro atoms. The summed E-state index contributed by atoms with van der Waals surface area (Å²) in [4.78, 5) is 13.4. The standard InChI is InChI=1S/C24H23Cl2FN4O2/c1-24(2)20-21(23(32)29-30-10-4-3-5-11-30)28-31(18-9-6-14(25)12-17(18)26)22(20)16-8-7-15(27)13-19(16)33-24/h6-9,12-13H,3-5,10-11H2,1-2H3,(H,29,32). The van der Waals surface area contributed by atoms with Gasteiger partial charge in [-0.05, 0) is 57.0 Å². The van der Waals surface area contributed by atoms with Crippen molar-refractivity contribution in [2.24, 2.45) is 0 Å². The van der Waals surface area contributed by atoms with E-state index in [-0.39, 0.29) is 11.6 Å². The highest BCUT2D eigenvalue weighted by molar-refractivity contribution is 6.35. The molecule has 1 fully saturated rings. The van der Waals surface area contributed by atoms with E-state index in [1.807, 2.05) is 18.9 Å². The fraction of sp³-hybridized carbons (Fsp3) is 0.333. The summed E-state index contributed by atoms with van der Waals surface area (Å²) >= 11 is 12.6. The second-order valence-electron chi connectivity index (χ2n) is 8.82. The number of fused-ring (bicyclic) bond motifs is 3. The van der Waals surface area contributed by atoms with Crippen LogP contribution in [-0.2, 0) is 5.60 Å². The minimum absolute atomic E-state index is 0.238. The van der Waals surface area contributed by atoms with Gasteiger partial charge in [-0.25, -0.2) is 14.1 Å². The van der Waals surface area contributed by atoms with E-state index in [0.717, 1.165) is 32.4 Å². The zero-order valence-electron chi connectivity index (χ0n) is 18.3. The molecule has 1 amide bonds. The summed E-state index contributed by atoms with van der Waals surface area (Å²) in [5.41, 5.74) is 4.72. The molecule has 0 unspecified atom stereocenters. The quantitative estimate of drug-likeness (QED) is 0.510. The van der Waals surface area contributed by atoms with Crippen LogP contribution >= 0.6 is 23.2 Å². The Morgan fingerprint density at radius 1 is 1.12 bits per heavy atom. The largest absolute Gasteiger partial charge is 0.482 e. The first-order chi connectivity index (χ1) is 15.7. The molecule has 3 aromatic rings. The molecule has 33 heavy (non-hydrogen) atoms. The molecule has 1 saturated heterocycles. The summed E-state index contributed by atoms with van der Waals surface area (Å²) < 4.78 is 21.8. The number of nitrogens with zero attached hydrogens (tertiary/aromatic N) is 3. The van der Waals surface area contributed by atoms with Gasteiger partial charge in [0.2, 0.25) is 0 Å². The zero-order chi connectivity index (χ0) is 23.3. The van der Waals surface area contributed by atoms with Gasteiger partial charge in [0.05, 0.1) is 22.0 Å². The second kappa shape index (κ2) is 8.31. The molecule has 2 aliphatic rings. The van der Waals surface area contributed by atoms with Gasteiger partial charge in [0.1, 0.15) is 17.2 Å². The third kappa shape index (κ3) is 3.98. The van der Waals surface area contributed by atoms with Gasteiger partial charge < -0.3 is 4.74 Å². The van der Waals surface area contributed by atoms with E-state index in [1.165, 1.54) is 12.1 Å². The van der Waals surface area contributed by atoms with Crippen LogP contribution in [0.3, 0.4) is 0 Å². The lowest BCUT2D eigenvalue weighted by atomic mass is 9.88. The first-order valence-electron chi connectivity index (χ1n) is 10.9. The predicted octanol–water partition coefficient (Wildman–Crippen LogP) is 5.74. The third-order valence-corrected chi connectivity index (χ3v) is 6.56. The van der Waals surface area contributed by atoms with Crippen LogP contribution in [0, 0.1) is 5.82 Å². The lowest BCUT2D eigenvalue weighted by molar-refractivity contribution is 0.0720. The summed E-state index contributed by atoms with van der Waals surface area (Å²) in [5, 5.41) is 7.50. The van der Waals surface area contributed by atoms with Gasteiger partial charge in [0, 0.05) is 29.7 Å². The molecule has 0 saturated carbocycles. The molecule has 1 aromatic heterocycles. The van der Waals surface area contributed by atoms with Crippen LogP contribution in [0.2, 0.25) is 10.0 Å². The highest BCUT2D eigenvalue weighted by atomic mass is 35.5. The van der Waals surface area contributed by atoms with Gasteiger partial charge in [-0.1, -0.05) is 29.6 Å². The van der Waals surface area contributed by atoms with Crippen LogP contribution in [-0.4, -0.2) is 33.8 Å². The van der Waals surface area contributed by atoms with Crippen molar-refractivity contribution < 1.29 is 13.9 Å².